The number of amides is 2. The van der Waals surface area contributed by atoms with Crippen molar-refractivity contribution in [3.8, 4) is 5.75 Å². The van der Waals surface area contributed by atoms with Crippen LogP contribution in [0.5, 0.6) is 5.75 Å². The van der Waals surface area contributed by atoms with E-state index in [9.17, 15) is 9.59 Å². The van der Waals surface area contributed by atoms with Crippen LogP contribution in [-0.4, -0.2) is 80.2 Å². The van der Waals surface area contributed by atoms with Gasteiger partial charge in [-0.15, -0.1) is 0 Å². The normalized spacial score (nSPS) is 24.5. The van der Waals surface area contributed by atoms with Gasteiger partial charge in [0.25, 0.3) is 5.91 Å². The Kier molecular flexibility index (Phi) is 9.45. The number of ether oxygens (including phenoxy) is 2. The summed E-state index contributed by atoms with van der Waals surface area (Å²) in [5.74, 6) is 0.386. The SMILES string of the molecule is COc1cc(N)c(Cl)cc1C(=O)N[C@H]1CCN(CCC(C)C(=O)N2CCCCC2C)C[C@H]1OC. The summed E-state index contributed by atoms with van der Waals surface area (Å²) in [6, 6.07) is 3.29. The Hall–Kier alpha value is -2.03. The molecule has 8 nitrogen and oxygen atoms in total. The van der Waals surface area contributed by atoms with Gasteiger partial charge in [0.15, 0.2) is 0 Å². The fourth-order valence-electron chi connectivity index (χ4n) is 4.96. The van der Waals surface area contributed by atoms with E-state index in [0.717, 1.165) is 45.3 Å². The topological polar surface area (TPSA) is 97.1 Å². The third-order valence-electron chi connectivity index (χ3n) is 7.21. The molecule has 0 bridgehead atoms. The van der Waals surface area contributed by atoms with Crippen molar-refractivity contribution in [3.63, 3.8) is 0 Å². The summed E-state index contributed by atoms with van der Waals surface area (Å²) in [7, 11) is 3.16. The van der Waals surface area contributed by atoms with Gasteiger partial charge in [-0.2, -0.15) is 0 Å². The van der Waals surface area contributed by atoms with Crippen LogP contribution in [0.15, 0.2) is 12.1 Å². The molecule has 3 N–H and O–H groups in total. The minimum atomic E-state index is -0.269. The van der Waals surface area contributed by atoms with Crippen molar-refractivity contribution in [2.24, 2.45) is 5.92 Å². The molecule has 0 aliphatic carbocycles. The van der Waals surface area contributed by atoms with Gasteiger partial charge >= 0.3 is 0 Å². The average Bonchev–Trinajstić information content (AvgIpc) is 2.84. The summed E-state index contributed by atoms with van der Waals surface area (Å²) in [5.41, 5.74) is 6.54. The first-order valence-electron chi connectivity index (χ1n) is 12.2. The van der Waals surface area contributed by atoms with Crippen molar-refractivity contribution in [3.05, 3.63) is 22.7 Å². The van der Waals surface area contributed by atoms with Crippen molar-refractivity contribution in [2.45, 2.75) is 64.1 Å². The molecule has 0 saturated carbocycles. The van der Waals surface area contributed by atoms with E-state index >= 15 is 0 Å². The third-order valence-corrected chi connectivity index (χ3v) is 7.54. The Morgan fingerprint density at radius 1 is 1.24 bits per heavy atom. The van der Waals surface area contributed by atoms with Gasteiger partial charge in [-0.3, -0.25) is 9.59 Å². The zero-order valence-electron chi connectivity index (χ0n) is 20.8. The number of nitrogens with zero attached hydrogens (tertiary/aromatic N) is 2. The number of carbonyl (C=O) groups is 2. The second-order valence-electron chi connectivity index (χ2n) is 9.58. The first-order chi connectivity index (χ1) is 16.2. The highest BCUT2D eigenvalue weighted by atomic mass is 35.5. The average molecular weight is 495 g/mol. The second kappa shape index (κ2) is 12.1. The molecule has 9 heteroatoms. The molecule has 4 atom stereocenters. The predicted molar refractivity (Wildman–Crippen MR) is 134 cm³/mol. The number of likely N-dealkylation sites (tertiary alicyclic amines) is 2. The minimum Gasteiger partial charge on any atom is -0.496 e. The van der Waals surface area contributed by atoms with E-state index in [4.69, 9.17) is 26.8 Å². The Labute approximate surface area is 208 Å². The Balaban J connectivity index is 1.53. The molecule has 0 aromatic heterocycles. The number of nitrogens with one attached hydrogen (secondary N) is 1. The molecule has 34 heavy (non-hydrogen) atoms. The smallest absolute Gasteiger partial charge is 0.255 e. The number of hydrogen-bond donors (Lipinski definition) is 2. The number of methoxy groups -OCH3 is 2. The molecule has 2 fully saturated rings. The van der Waals surface area contributed by atoms with Gasteiger partial charge in [-0.25, -0.2) is 0 Å². The zero-order valence-corrected chi connectivity index (χ0v) is 21.6. The number of rotatable bonds is 8. The maximum Gasteiger partial charge on any atom is 0.255 e. The third kappa shape index (κ3) is 6.34. The van der Waals surface area contributed by atoms with Crippen LogP contribution in [0.2, 0.25) is 5.02 Å². The molecule has 1 aromatic rings. The van der Waals surface area contributed by atoms with Crippen LogP contribution in [0.25, 0.3) is 0 Å². The molecule has 0 spiro atoms. The highest BCUT2D eigenvalue weighted by Crippen LogP contribution is 2.29. The van der Waals surface area contributed by atoms with Crippen molar-refractivity contribution in [1.82, 2.24) is 15.1 Å². The number of benzene rings is 1. The van der Waals surface area contributed by atoms with E-state index in [1.807, 2.05) is 6.92 Å². The van der Waals surface area contributed by atoms with E-state index in [1.54, 1.807) is 13.2 Å². The standard InChI is InChI=1S/C25H39ClN4O4/c1-16(25(32)30-10-6-5-7-17(30)2)8-11-29-12-9-21(23(15-29)34-4)28-24(31)18-13-19(26)20(27)14-22(18)33-3/h13-14,16-17,21,23H,5-12,15,27H2,1-4H3,(H,28,31)/t16?,17?,21-,23+/m0/s1. The van der Waals surface area contributed by atoms with Gasteiger partial charge in [0.2, 0.25) is 5.91 Å². The number of carbonyl (C=O) groups excluding carboxylic acids is 2. The van der Waals surface area contributed by atoms with Crippen LogP contribution in [0.3, 0.4) is 0 Å². The van der Waals surface area contributed by atoms with Crippen LogP contribution < -0.4 is 15.8 Å². The summed E-state index contributed by atoms with van der Waals surface area (Å²) in [6.45, 7) is 7.42. The summed E-state index contributed by atoms with van der Waals surface area (Å²) in [6.07, 6.45) is 4.83. The lowest BCUT2D eigenvalue weighted by Crippen LogP contribution is -2.55. The van der Waals surface area contributed by atoms with Crippen molar-refractivity contribution >= 4 is 29.1 Å². The van der Waals surface area contributed by atoms with E-state index in [1.165, 1.54) is 19.6 Å². The summed E-state index contributed by atoms with van der Waals surface area (Å²) in [4.78, 5) is 30.3. The largest absolute Gasteiger partial charge is 0.496 e. The van der Waals surface area contributed by atoms with E-state index in [0.29, 0.717) is 34.6 Å². The molecule has 2 unspecified atom stereocenters. The molecule has 190 valence electrons. The molecule has 2 saturated heterocycles. The molecule has 2 aliphatic rings. The molecule has 2 heterocycles. The quantitative estimate of drug-likeness (QED) is 0.539. The van der Waals surface area contributed by atoms with E-state index < -0.39 is 0 Å². The van der Waals surface area contributed by atoms with Gasteiger partial charge in [-0.05, 0) is 51.6 Å². The zero-order chi connectivity index (χ0) is 24.8. The number of hydrogen-bond acceptors (Lipinski definition) is 6. The number of anilines is 1. The van der Waals surface area contributed by atoms with E-state index in [-0.39, 0.29) is 29.9 Å². The van der Waals surface area contributed by atoms with E-state index in [2.05, 4.69) is 22.0 Å². The first kappa shape index (κ1) is 26.6. The lowest BCUT2D eigenvalue weighted by atomic mass is 9.97. The maximum atomic E-state index is 13.0. The Bertz CT molecular complexity index is 868. The molecule has 0 radical (unpaired) electrons. The van der Waals surface area contributed by atoms with Crippen molar-refractivity contribution < 1.29 is 19.1 Å². The van der Waals surface area contributed by atoms with Gasteiger partial charge in [0.1, 0.15) is 5.75 Å². The minimum absolute atomic E-state index is 0.00158. The van der Waals surface area contributed by atoms with Crippen LogP contribution in [-0.2, 0) is 9.53 Å². The van der Waals surface area contributed by atoms with Crippen LogP contribution in [0, 0.1) is 5.92 Å². The highest BCUT2D eigenvalue weighted by molar-refractivity contribution is 6.33. The lowest BCUT2D eigenvalue weighted by Gasteiger charge is -2.39. The molecular weight excluding hydrogens is 456 g/mol. The number of piperidine rings is 2. The van der Waals surface area contributed by atoms with Crippen LogP contribution in [0.4, 0.5) is 5.69 Å². The Morgan fingerprint density at radius 3 is 2.68 bits per heavy atom. The summed E-state index contributed by atoms with van der Waals surface area (Å²) in [5, 5.41) is 3.39. The fourth-order valence-corrected chi connectivity index (χ4v) is 5.12. The summed E-state index contributed by atoms with van der Waals surface area (Å²) >= 11 is 6.13. The highest BCUT2D eigenvalue weighted by Gasteiger charge is 2.32. The Morgan fingerprint density at radius 2 is 2.00 bits per heavy atom. The number of nitrogen functional groups attached to an aromatic ring is 1. The van der Waals surface area contributed by atoms with Gasteiger partial charge in [-0.1, -0.05) is 18.5 Å². The van der Waals surface area contributed by atoms with Crippen molar-refractivity contribution in [1.29, 1.82) is 0 Å². The molecule has 2 amide bonds. The first-order valence-corrected chi connectivity index (χ1v) is 12.6. The predicted octanol–water partition coefficient (Wildman–Crippen LogP) is 3.18. The van der Waals surface area contributed by atoms with Gasteiger partial charge in [0, 0.05) is 44.8 Å². The monoisotopic (exact) mass is 494 g/mol. The van der Waals surface area contributed by atoms with Gasteiger partial charge < -0.3 is 30.3 Å². The fraction of sp³-hybridized carbons (Fsp3) is 0.680. The molecule has 1 aromatic carbocycles. The molecular formula is C25H39ClN4O4. The number of nitrogens with two attached hydrogens (primary N) is 1. The number of halogens is 1. The van der Waals surface area contributed by atoms with Crippen LogP contribution >= 0.6 is 11.6 Å². The van der Waals surface area contributed by atoms with Crippen molar-refractivity contribution in [2.75, 3.05) is 46.1 Å². The van der Waals surface area contributed by atoms with Gasteiger partial charge in [0.05, 0.1) is 35.5 Å². The maximum absolute atomic E-state index is 13.0. The van der Waals surface area contributed by atoms with Crippen LogP contribution in [0.1, 0.15) is 56.3 Å². The molecule has 3 rings (SSSR count). The summed E-state index contributed by atoms with van der Waals surface area (Å²) < 4.78 is 11.0. The molecule has 2 aliphatic heterocycles. The lowest BCUT2D eigenvalue weighted by molar-refractivity contribution is -0.138. The second-order valence-corrected chi connectivity index (χ2v) is 9.99.